The van der Waals surface area contributed by atoms with Crippen molar-refractivity contribution in [1.82, 2.24) is 20.9 Å². The zero-order valence-electron chi connectivity index (χ0n) is 29.4. The van der Waals surface area contributed by atoms with Crippen LogP contribution in [0, 0.1) is 0 Å². The van der Waals surface area contributed by atoms with E-state index in [9.17, 15) is 34.2 Å². The number of nitrogens with one attached hydrogen (secondary N) is 4. The number of hydrogen-bond donors (Lipinski definition) is 6. The van der Waals surface area contributed by atoms with Gasteiger partial charge in [-0.1, -0.05) is 78.9 Å². The van der Waals surface area contributed by atoms with Crippen molar-refractivity contribution in [3.8, 4) is 0 Å². The third kappa shape index (κ3) is 12.8. The summed E-state index contributed by atoms with van der Waals surface area (Å²) in [5.41, 5.74) is 1.87. The second kappa shape index (κ2) is 18.4. The van der Waals surface area contributed by atoms with E-state index in [4.69, 9.17) is 4.74 Å². The van der Waals surface area contributed by atoms with Crippen LogP contribution in [0.4, 0.5) is 10.5 Å². The van der Waals surface area contributed by atoms with Gasteiger partial charge in [-0.25, -0.2) is 4.79 Å². The molecular weight excluding hydrogens is 666 g/mol. The molecule has 274 valence electrons. The number of fused-ring (bicyclic) bond motifs is 1. The Labute approximate surface area is 302 Å². The monoisotopic (exact) mass is 711 g/mol. The number of nitrogens with zero attached hydrogens (tertiary/aromatic N) is 1. The Morgan fingerprint density at radius 3 is 2.02 bits per heavy atom. The molecule has 0 saturated carbocycles. The first kappa shape index (κ1) is 39.0. The number of aliphatic carboxylic acids is 1. The van der Waals surface area contributed by atoms with Gasteiger partial charge in [-0.2, -0.15) is 0 Å². The molecule has 0 unspecified atom stereocenters. The number of carbonyl (C=O) groups is 5. The summed E-state index contributed by atoms with van der Waals surface area (Å²) in [4.78, 5) is 69.2. The van der Waals surface area contributed by atoms with Crippen LogP contribution in [-0.2, 0) is 36.8 Å². The molecule has 0 radical (unpaired) electrons. The van der Waals surface area contributed by atoms with Crippen molar-refractivity contribution in [1.29, 1.82) is 0 Å². The summed E-state index contributed by atoms with van der Waals surface area (Å²) < 4.78 is 5.36. The van der Waals surface area contributed by atoms with Gasteiger partial charge in [0, 0.05) is 18.2 Å². The first-order valence-corrected chi connectivity index (χ1v) is 17.0. The average Bonchev–Trinajstić information content (AvgIpc) is 3.09. The van der Waals surface area contributed by atoms with Gasteiger partial charge in [0.15, 0.2) is 0 Å². The highest BCUT2D eigenvalue weighted by Crippen LogP contribution is 2.17. The maximum Gasteiger partial charge on any atom is 0.407 e. The molecule has 0 spiro atoms. The standard InChI is InChI=1S/C39H45N5O8/c1-39(2,3)52-38(51)44-31(20-25-12-6-4-7-13-25)33(45)23-34(46)42-30(18-19-35(47)48)36(49)43-32(21-26-14-8-5-9-15-26)37(50)41-28-22-27-16-10-11-17-29(27)40-24-28/h4-17,22,24,30-33,45H,18-21,23H2,1-3H3,(H,41,50)(H,42,46)(H,43,49)(H,44,51)(H,47,48)/t30-,31-,32-,33-/m0/s1. The highest BCUT2D eigenvalue weighted by Gasteiger charge is 2.31. The number of carboxylic acid groups (broad SMARTS) is 1. The summed E-state index contributed by atoms with van der Waals surface area (Å²) in [5.74, 6) is -3.30. The van der Waals surface area contributed by atoms with Gasteiger partial charge in [-0.15, -0.1) is 0 Å². The molecule has 13 heteroatoms. The third-order valence-electron chi connectivity index (χ3n) is 7.93. The van der Waals surface area contributed by atoms with Crippen molar-refractivity contribution in [2.45, 2.75) is 82.7 Å². The largest absolute Gasteiger partial charge is 0.481 e. The lowest BCUT2D eigenvalue weighted by atomic mass is 9.98. The first-order chi connectivity index (χ1) is 24.8. The quantitative estimate of drug-likeness (QED) is 0.0990. The van der Waals surface area contributed by atoms with E-state index in [2.05, 4.69) is 26.3 Å². The van der Waals surface area contributed by atoms with Crippen LogP contribution < -0.4 is 21.3 Å². The molecule has 4 rings (SSSR count). The van der Waals surface area contributed by atoms with Crippen LogP contribution in [0.3, 0.4) is 0 Å². The number of ether oxygens (including phenoxy) is 1. The number of pyridine rings is 1. The van der Waals surface area contributed by atoms with Crippen molar-refractivity contribution in [3.05, 3.63) is 108 Å². The first-order valence-electron chi connectivity index (χ1n) is 17.0. The molecule has 6 N–H and O–H groups in total. The Morgan fingerprint density at radius 1 is 0.769 bits per heavy atom. The average molecular weight is 712 g/mol. The smallest absolute Gasteiger partial charge is 0.407 e. The van der Waals surface area contributed by atoms with Crippen molar-refractivity contribution in [2.75, 3.05) is 5.32 Å². The lowest BCUT2D eigenvalue weighted by Crippen LogP contribution is -2.54. The minimum atomic E-state index is -1.41. The second-order valence-corrected chi connectivity index (χ2v) is 13.4. The van der Waals surface area contributed by atoms with Crippen molar-refractivity contribution in [2.24, 2.45) is 0 Å². The number of aromatic nitrogens is 1. The number of carboxylic acids is 1. The Bertz CT molecular complexity index is 1830. The molecule has 4 atom stereocenters. The fourth-order valence-electron chi connectivity index (χ4n) is 5.43. The molecule has 4 aromatic rings. The molecule has 0 aliphatic rings. The van der Waals surface area contributed by atoms with E-state index in [0.717, 1.165) is 22.0 Å². The Balaban J connectivity index is 1.49. The van der Waals surface area contributed by atoms with Crippen molar-refractivity contribution < 1.29 is 38.9 Å². The molecule has 0 aliphatic heterocycles. The number of benzene rings is 3. The molecular formula is C39H45N5O8. The van der Waals surface area contributed by atoms with Gasteiger partial charge in [0.1, 0.15) is 17.7 Å². The molecule has 0 aliphatic carbocycles. The summed E-state index contributed by atoms with van der Waals surface area (Å²) >= 11 is 0. The lowest BCUT2D eigenvalue weighted by Gasteiger charge is -2.27. The van der Waals surface area contributed by atoms with Gasteiger partial charge in [-0.05, 0) is 56.9 Å². The molecule has 1 heterocycles. The molecule has 52 heavy (non-hydrogen) atoms. The van der Waals surface area contributed by atoms with Gasteiger partial charge in [0.2, 0.25) is 17.7 Å². The maximum absolute atomic E-state index is 13.7. The molecule has 0 saturated heterocycles. The van der Waals surface area contributed by atoms with E-state index >= 15 is 0 Å². The summed E-state index contributed by atoms with van der Waals surface area (Å²) in [5, 5.41) is 32.0. The number of rotatable bonds is 16. The van der Waals surface area contributed by atoms with E-state index in [0.29, 0.717) is 5.69 Å². The predicted octanol–water partition coefficient (Wildman–Crippen LogP) is 4.14. The van der Waals surface area contributed by atoms with Crippen LogP contribution in [0.1, 0.15) is 51.2 Å². The SMILES string of the molecule is CC(C)(C)OC(=O)N[C@@H](Cc1ccccc1)[C@@H](O)CC(=O)N[C@@H](CCC(=O)O)C(=O)N[C@@H](Cc1ccccc1)C(=O)Nc1cnc2ccccc2c1. The number of aliphatic hydroxyl groups excluding tert-OH is 1. The van der Waals surface area contributed by atoms with Gasteiger partial charge in [-0.3, -0.25) is 24.2 Å². The van der Waals surface area contributed by atoms with Gasteiger partial charge in [0.25, 0.3) is 0 Å². The van der Waals surface area contributed by atoms with Crippen LogP contribution >= 0.6 is 0 Å². The van der Waals surface area contributed by atoms with Crippen LogP contribution in [0.15, 0.2) is 97.2 Å². The summed E-state index contributed by atoms with van der Waals surface area (Å²) in [6, 6.07) is 23.7. The summed E-state index contributed by atoms with van der Waals surface area (Å²) in [6.45, 7) is 5.08. The van der Waals surface area contributed by atoms with E-state index in [1.807, 2.05) is 36.4 Å². The molecule has 13 nitrogen and oxygen atoms in total. The van der Waals surface area contributed by atoms with Gasteiger partial charge < -0.3 is 36.2 Å². The second-order valence-electron chi connectivity index (χ2n) is 13.4. The normalized spacial score (nSPS) is 13.5. The number of anilines is 1. The number of aliphatic hydroxyl groups is 1. The van der Waals surface area contributed by atoms with Crippen LogP contribution in [0.2, 0.25) is 0 Å². The molecule has 4 amide bonds. The van der Waals surface area contributed by atoms with Crippen molar-refractivity contribution in [3.63, 3.8) is 0 Å². The van der Waals surface area contributed by atoms with E-state index in [-0.39, 0.29) is 19.3 Å². The minimum absolute atomic E-state index is 0.0925. The number of hydrogen-bond acceptors (Lipinski definition) is 8. The fraction of sp³-hybridized carbons (Fsp3) is 0.333. The third-order valence-corrected chi connectivity index (χ3v) is 7.93. The topological polar surface area (TPSA) is 196 Å². The Kier molecular flexibility index (Phi) is 13.8. The predicted molar refractivity (Wildman–Crippen MR) is 195 cm³/mol. The molecule has 1 aromatic heterocycles. The Hall–Kier alpha value is -5.82. The Morgan fingerprint density at radius 2 is 1.38 bits per heavy atom. The van der Waals surface area contributed by atoms with Crippen LogP contribution in [0.5, 0.6) is 0 Å². The minimum Gasteiger partial charge on any atom is -0.481 e. The van der Waals surface area contributed by atoms with E-state index in [1.165, 1.54) is 6.20 Å². The lowest BCUT2D eigenvalue weighted by molar-refractivity contribution is -0.138. The van der Waals surface area contributed by atoms with E-state index in [1.54, 1.807) is 75.4 Å². The highest BCUT2D eigenvalue weighted by atomic mass is 16.6. The van der Waals surface area contributed by atoms with Gasteiger partial charge >= 0.3 is 12.1 Å². The van der Waals surface area contributed by atoms with Gasteiger partial charge in [0.05, 0.1) is 36.0 Å². The number of para-hydroxylation sites is 1. The molecule has 0 bridgehead atoms. The van der Waals surface area contributed by atoms with Crippen LogP contribution in [0.25, 0.3) is 10.9 Å². The number of carbonyl (C=O) groups excluding carboxylic acids is 4. The van der Waals surface area contributed by atoms with Crippen LogP contribution in [-0.4, -0.2) is 74.8 Å². The van der Waals surface area contributed by atoms with Crippen molar-refractivity contribution >= 4 is 46.4 Å². The maximum atomic E-state index is 13.7. The van der Waals surface area contributed by atoms with E-state index < -0.39 is 72.5 Å². The summed E-state index contributed by atoms with van der Waals surface area (Å²) in [7, 11) is 0. The fourth-order valence-corrected chi connectivity index (χ4v) is 5.43. The highest BCUT2D eigenvalue weighted by molar-refractivity contribution is 5.99. The molecule has 0 fully saturated rings. The number of amides is 4. The summed E-state index contributed by atoms with van der Waals surface area (Å²) in [6.07, 6.45) is -1.72. The molecule has 3 aromatic carbocycles. The number of alkyl carbamates (subject to hydrolysis) is 1. The zero-order chi connectivity index (χ0) is 37.7. The zero-order valence-corrected chi connectivity index (χ0v) is 29.4.